The van der Waals surface area contributed by atoms with E-state index < -0.39 is 12.1 Å². The first-order valence-electron chi connectivity index (χ1n) is 3.70. The molecule has 0 spiro atoms. The van der Waals surface area contributed by atoms with Crippen LogP contribution < -0.4 is 5.73 Å². The van der Waals surface area contributed by atoms with E-state index in [2.05, 4.69) is 0 Å². The Bertz CT molecular complexity index is 143. The fraction of sp³-hybridized carbons (Fsp3) is 0.857. The molecule has 0 fully saturated rings. The van der Waals surface area contributed by atoms with Gasteiger partial charge in [0.25, 0.3) is 0 Å². The molecule has 0 aliphatic carbocycles. The predicted molar refractivity (Wildman–Crippen MR) is 49.1 cm³/mol. The summed E-state index contributed by atoms with van der Waals surface area (Å²) >= 11 is 1.37. The van der Waals surface area contributed by atoms with Gasteiger partial charge in [-0.1, -0.05) is 0 Å². The van der Waals surface area contributed by atoms with E-state index in [1.54, 1.807) is 0 Å². The van der Waals surface area contributed by atoms with Crippen LogP contribution in [0.15, 0.2) is 0 Å². The molecule has 4 N–H and O–H groups in total. The summed E-state index contributed by atoms with van der Waals surface area (Å²) in [6, 6.07) is -0.458. The fourth-order valence-electron chi connectivity index (χ4n) is 0.501. The van der Waals surface area contributed by atoms with Gasteiger partial charge in [0.2, 0.25) is 0 Å². The number of aliphatic hydroxyl groups is 2. The van der Waals surface area contributed by atoms with Gasteiger partial charge in [0.05, 0.1) is 18.8 Å². The molecule has 4 nitrogen and oxygen atoms in total. The summed E-state index contributed by atoms with van der Waals surface area (Å²) in [6.45, 7) is 1.19. The van der Waals surface area contributed by atoms with Crippen LogP contribution in [0, 0.1) is 0 Å². The Hall–Kier alpha value is -0.100. The number of ketones is 1. The minimum absolute atomic E-state index is 0.0546. The Kier molecular flexibility index (Phi) is 6.37. The molecule has 2 unspecified atom stereocenters. The second kappa shape index (κ2) is 6.42. The Morgan fingerprint density at radius 3 is 2.58 bits per heavy atom. The molecular weight excluding hydrogens is 178 g/mol. The van der Waals surface area contributed by atoms with E-state index in [-0.39, 0.29) is 12.4 Å². The minimum atomic E-state index is -0.714. The number of carbonyl (C=O) groups excluding carboxylic acids is 1. The first-order chi connectivity index (χ1) is 5.57. The average Bonchev–Trinajstić information content (AvgIpc) is 2.03. The van der Waals surface area contributed by atoms with Crippen LogP contribution >= 0.6 is 11.8 Å². The zero-order valence-electron chi connectivity index (χ0n) is 7.06. The third-order valence-corrected chi connectivity index (χ3v) is 2.56. The van der Waals surface area contributed by atoms with Crippen molar-refractivity contribution in [3.05, 3.63) is 0 Å². The van der Waals surface area contributed by atoms with Crippen LogP contribution in [0.25, 0.3) is 0 Å². The molecule has 0 amide bonds. The van der Waals surface area contributed by atoms with Crippen LogP contribution in [0.5, 0.6) is 0 Å². The number of rotatable bonds is 6. The molecule has 0 aromatic carbocycles. The van der Waals surface area contributed by atoms with Gasteiger partial charge in [0.1, 0.15) is 5.78 Å². The summed E-state index contributed by atoms with van der Waals surface area (Å²) in [5.41, 5.74) is 5.43. The van der Waals surface area contributed by atoms with Crippen molar-refractivity contribution in [3.8, 4) is 0 Å². The fourth-order valence-corrected chi connectivity index (χ4v) is 1.50. The molecule has 0 bridgehead atoms. The Balaban J connectivity index is 3.37. The molecule has 0 saturated carbocycles. The monoisotopic (exact) mass is 193 g/mol. The molecule has 12 heavy (non-hydrogen) atoms. The highest BCUT2D eigenvalue weighted by molar-refractivity contribution is 7.99. The van der Waals surface area contributed by atoms with E-state index in [1.165, 1.54) is 18.7 Å². The molecular formula is C7H15NO3S. The Morgan fingerprint density at radius 1 is 1.58 bits per heavy atom. The highest BCUT2D eigenvalue weighted by Crippen LogP contribution is 2.04. The quantitative estimate of drug-likeness (QED) is 0.503. The van der Waals surface area contributed by atoms with Gasteiger partial charge in [0, 0.05) is 11.5 Å². The van der Waals surface area contributed by atoms with Crippen LogP contribution in [-0.2, 0) is 4.79 Å². The van der Waals surface area contributed by atoms with Gasteiger partial charge in [-0.25, -0.2) is 0 Å². The van der Waals surface area contributed by atoms with Gasteiger partial charge in [-0.05, 0) is 6.92 Å². The number of thioether (sulfide) groups is 1. The van der Waals surface area contributed by atoms with Crippen molar-refractivity contribution in [1.29, 1.82) is 0 Å². The van der Waals surface area contributed by atoms with E-state index in [0.29, 0.717) is 11.5 Å². The molecule has 2 atom stereocenters. The van der Waals surface area contributed by atoms with Crippen molar-refractivity contribution >= 4 is 17.5 Å². The topological polar surface area (TPSA) is 83.6 Å². The van der Waals surface area contributed by atoms with Crippen molar-refractivity contribution in [3.63, 3.8) is 0 Å². The molecule has 0 aromatic heterocycles. The van der Waals surface area contributed by atoms with E-state index in [4.69, 9.17) is 15.9 Å². The number of aliphatic hydroxyl groups excluding tert-OH is 2. The smallest absolute Gasteiger partial charge is 0.147 e. The van der Waals surface area contributed by atoms with Gasteiger partial charge in [-0.2, -0.15) is 11.8 Å². The Labute approximate surface area is 76.1 Å². The predicted octanol–water partition coefficient (Wildman–Crippen LogP) is -1.01. The molecule has 72 valence electrons. The van der Waals surface area contributed by atoms with Gasteiger partial charge >= 0.3 is 0 Å². The molecule has 0 aliphatic heterocycles. The highest BCUT2D eigenvalue weighted by atomic mass is 32.2. The molecule has 0 aliphatic rings. The normalized spacial score (nSPS) is 15.7. The molecule has 0 radical (unpaired) electrons. The largest absolute Gasteiger partial charge is 0.394 e. The van der Waals surface area contributed by atoms with E-state index in [0.717, 1.165) is 0 Å². The molecule has 0 aromatic rings. The minimum Gasteiger partial charge on any atom is -0.394 e. The molecule has 0 saturated heterocycles. The highest BCUT2D eigenvalue weighted by Gasteiger charge is 2.09. The van der Waals surface area contributed by atoms with Gasteiger partial charge in [-0.15, -0.1) is 0 Å². The maximum Gasteiger partial charge on any atom is 0.147 e. The van der Waals surface area contributed by atoms with Crippen molar-refractivity contribution in [2.45, 2.75) is 19.1 Å². The molecule has 0 rings (SSSR count). The summed E-state index contributed by atoms with van der Waals surface area (Å²) in [7, 11) is 0. The lowest BCUT2D eigenvalue weighted by molar-refractivity contribution is -0.117. The number of hydrogen-bond acceptors (Lipinski definition) is 5. The first kappa shape index (κ1) is 11.9. The van der Waals surface area contributed by atoms with E-state index in [1.807, 2.05) is 0 Å². The van der Waals surface area contributed by atoms with Crippen molar-refractivity contribution in [2.75, 3.05) is 18.1 Å². The third kappa shape index (κ3) is 5.54. The Morgan fingerprint density at radius 2 is 2.17 bits per heavy atom. The summed E-state index contributed by atoms with van der Waals surface area (Å²) in [5.74, 6) is 0.852. The third-order valence-electron chi connectivity index (χ3n) is 1.34. The number of hydrogen-bond donors (Lipinski definition) is 3. The van der Waals surface area contributed by atoms with Gasteiger partial charge in [-0.3, -0.25) is 4.79 Å². The van der Waals surface area contributed by atoms with Crippen LogP contribution in [-0.4, -0.2) is 46.3 Å². The van der Waals surface area contributed by atoms with Crippen molar-refractivity contribution < 1.29 is 15.0 Å². The maximum absolute atomic E-state index is 10.6. The SMILES string of the molecule is CC(=O)C(N)CSCC(O)CO. The van der Waals surface area contributed by atoms with Crippen LogP contribution in [0.2, 0.25) is 0 Å². The number of Topliss-reactive ketones (excluding diaryl/α,β-unsaturated/α-hetero) is 1. The second-order valence-corrected chi connectivity index (χ2v) is 3.67. The lowest BCUT2D eigenvalue weighted by atomic mass is 10.3. The lowest BCUT2D eigenvalue weighted by Gasteiger charge is -2.09. The van der Waals surface area contributed by atoms with Crippen LogP contribution in [0.4, 0.5) is 0 Å². The zero-order valence-corrected chi connectivity index (χ0v) is 7.88. The van der Waals surface area contributed by atoms with Crippen molar-refractivity contribution in [1.82, 2.24) is 0 Å². The zero-order chi connectivity index (χ0) is 9.56. The van der Waals surface area contributed by atoms with Gasteiger partial charge in [0.15, 0.2) is 0 Å². The average molecular weight is 193 g/mol. The number of carbonyl (C=O) groups is 1. The summed E-state index contributed by atoms with van der Waals surface area (Å²) in [6.07, 6.45) is -0.714. The van der Waals surface area contributed by atoms with Crippen LogP contribution in [0.3, 0.4) is 0 Å². The van der Waals surface area contributed by atoms with Gasteiger partial charge < -0.3 is 15.9 Å². The number of nitrogens with two attached hydrogens (primary N) is 1. The summed E-state index contributed by atoms with van der Waals surface area (Å²) in [4.78, 5) is 10.6. The lowest BCUT2D eigenvalue weighted by Crippen LogP contribution is -2.31. The maximum atomic E-state index is 10.6. The summed E-state index contributed by atoms with van der Waals surface area (Å²) < 4.78 is 0. The standard InChI is InChI=1S/C7H15NO3S/c1-5(10)7(8)4-12-3-6(11)2-9/h6-7,9,11H,2-4,8H2,1H3. The molecule has 5 heteroatoms. The van der Waals surface area contributed by atoms with E-state index in [9.17, 15) is 4.79 Å². The van der Waals surface area contributed by atoms with Crippen molar-refractivity contribution in [2.24, 2.45) is 5.73 Å². The first-order valence-corrected chi connectivity index (χ1v) is 4.86. The summed E-state index contributed by atoms with van der Waals surface area (Å²) in [5, 5.41) is 17.4. The second-order valence-electron chi connectivity index (χ2n) is 2.59. The molecule has 0 heterocycles. The van der Waals surface area contributed by atoms with Crippen LogP contribution in [0.1, 0.15) is 6.92 Å². The van der Waals surface area contributed by atoms with E-state index >= 15 is 0 Å².